The van der Waals surface area contributed by atoms with Gasteiger partial charge < -0.3 is 9.47 Å². The quantitative estimate of drug-likeness (QED) is 0.638. The Bertz CT molecular complexity index is 858. The largest absolute Gasteiger partial charge is 0.421 e. The molecule has 4 rings (SSSR count). The fraction of sp³-hybridized carbons (Fsp3) is 0. The van der Waals surface area contributed by atoms with E-state index in [1.807, 2.05) is 24.3 Å². The van der Waals surface area contributed by atoms with Crippen LogP contribution < -0.4 is 0 Å². The maximum absolute atomic E-state index is 12.3. The molecule has 2 aromatic rings. The van der Waals surface area contributed by atoms with E-state index in [0.29, 0.717) is 11.1 Å². The Hall–Kier alpha value is -2.18. The van der Waals surface area contributed by atoms with Crippen LogP contribution in [-0.4, -0.2) is 11.9 Å². The van der Waals surface area contributed by atoms with E-state index >= 15 is 0 Å². The summed E-state index contributed by atoms with van der Waals surface area (Å²) in [6.07, 6.45) is 0. The maximum Gasteiger partial charge on any atom is 0.348 e. The standard InChI is InChI=1S/C18H8Br2O4/c19-11-5-1-9(2-6-11)15-13-14(18(22)23-15)16(24-17(13)21)10-3-7-12(20)8-4-10/h1-8H. The molecule has 2 aromatic carbocycles. The molecule has 2 aliphatic rings. The Labute approximate surface area is 154 Å². The van der Waals surface area contributed by atoms with Crippen molar-refractivity contribution in [1.82, 2.24) is 0 Å². The van der Waals surface area contributed by atoms with Crippen molar-refractivity contribution in [1.29, 1.82) is 0 Å². The van der Waals surface area contributed by atoms with Crippen molar-refractivity contribution in [2.75, 3.05) is 0 Å². The zero-order valence-electron chi connectivity index (χ0n) is 12.0. The van der Waals surface area contributed by atoms with Crippen molar-refractivity contribution >= 4 is 55.3 Å². The monoisotopic (exact) mass is 446 g/mol. The lowest BCUT2D eigenvalue weighted by Crippen LogP contribution is -2.01. The lowest BCUT2D eigenvalue weighted by atomic mass is 10.0. The van der Waals surface area contributed by atoms with Crippen molar-refractivity contribution in [3.8, 4) is 0 Å². The molecule has 0 saturated carbocycles. The van der Waals surface area contributed by atoms with Crippen LogP contribution in [0.4, 0.5) is 0 Å². The van der Waals surface area contributed by atoms with Gasteiger partial charge in [0.25, 0.3) is 0 Å². The molecule has 0 amide bonds. The zero-order valence-corrected chi connectivity index (χ0v) is 15.2. The van der Waals surface area contributed by atoms with Gasteiger partial charge in [0.05, 0.1) is 0 Å². The third-order valence-corrected chi connectivity index (χ3v) is 4.77. The summed E-state index contributed by atoms with van der Waals surface area (Å²) in [5.74, 6) is -0.683. The lowest BCUT2D eigenvalue weighted by Gasteiger charge is -2.06. The summed E-state index contributed by atoms with van der Waals surface area (Å²) in [5.41, 5.74) is 1.65. The summed E-state index contributed by atoms with van der Waals surface area (Å²) in [7, 11) is 0. The third kappa shape index (κ3) is 2.42. The number of esters is 2. The number of rotatable bonds is 2. The number of ether oxygens (including phenoxy) is 2. The number of fused-ring (bicyclic) bond motifs is 1. The summed E-state index contributed by atoms with van der Waals surface area (Å²) in [5, 5.41) is 0. The Morgan fingerprint density at radius 3 is 1.25 bits per heavy atom. The first-order chi connectivity index (χ1) is 11.5. The molecular weight excluding hydrogens is 440 g/mol. The molecule has 2 heterocycles. The van der Waals surface area contributed by atoms with Gasteiger partial charge in [-0.25, -0.2) is 9.59 Å². The van der Waals surface area contributed by atoms with E-state index in [1.165, 1.54) is 0 Å². The van der Waals surface area contributed by atoms with Gasteiger partial charge in [-0.05, 0) is 24.3 Å². The minimum absolute atomic E-state index is 0.181. The van der Waals surface area contributed by atoms with Crippen LogP contribution in [0.5, 0.6) is 0 Å². The molecule has 0 N–H and O–H groups in total. The Kier molecular flexibility index (Phi) is 3.66. The highest BCUT2D eigenvalue weighted by Crippen LogP contribution is 2.43. The van der Waals surface area contributed by atoms with E-state index in [1.54, 1.807) is 24.3 Å². The van der Waals surface area contributed by atoms with E-state index in [4.69, 9.17) is 9.47 Å². The smallest absolute Gasteiger partial charge is 0.348 e. The van der Waals surface area contributed by atoms with Crippen LogP contribution in [-0.2, 0) is 19.1 Å². The van der Waals surface area contributed by atoms with Crippen LogP contribution in [0.25, 0.3) is 11.5 Å². The normalized spacial score (nSPS) is 16.4. The highest BCUT2D eigenvalue weighted by molar-refractivity contribution is 9.10. The van der Waals surface area contributed by atoms with Crippen LogP contribution in [0, 0.1) is 0 Å². The summed E-state index contributed by atoms with van der Waals surface area (Å²) in [6, 6.07) is 14.3. The summed E-state index contributed by atoms with van der Waals surface area (Å²) in [6.45, 7) is 0. The topological polar surface area (TPSA) is 52.6 Å². The van der Waals surface area contributed by atoms with Crippen molar-refractivity contribution in [3.63, 3.8) is 0 Å². The van der Waals surface area contributed by atoms with Crippen molar-refractivity contribution in [2.24, 2.45) is 0 Å². The number of carbonyl (C=O) groups is 2. The molecule has 0 bridgehead atoms. The Morgan fingerprint density at radius 1 is 0.583 bits per heavy atom. The first-order valence-corrected chi connectivity index (χ1v) is 8.58. The van der Waals surface area contributed by atoms with E-state index in [-0.39, 0.29) is 22.7 Å². The molecule has 24 heavy (non-hydrogen) atoms. The molecule has 0 aliphatic carbocycles. The fourth-order valence-corrected chi connectivity index (χ4v) is 3.14. The van der Waals surface area contributed by atoms with Crippen LogP contribution in [0.1, 0.15) is 11.1 Å². The molecule has 0 spiro atoms. The molecule has 2 aliphatic heterocycles. The Balaban J connectivity index is 1.88. The second kappa shape index (κ2) is 5.72. The van der Waals surface area contributed by atoms with Crippen LogP contribution in [0.15, 0.2) is 68.6 Å². The van der Waals surface area contributed by atoms with Gasteiger partial charge in [-0.2, -0.15) is 0 Å². The van der Waals surface area contributed by atoms with Gasteiger partial charge in [-0.3, -0.25) is 0 Å². The minimum Gasteiger partial charge on any atom is -0.421 e. The minimum atomic E-state index is -0.577. The predicted octanol–water partition coefficient (Wildman–Crippen LogP) is 4.45. The first-order valence-electron chi connectivity index (χ1n) is 7.00. The summed E-state index contributed by atoms with van der Waals surface area (Å²) < 4.78 is 12.5. The first kappa shape index (κ1) is 15.4. The number of benzene rings is 2. The number of cyclic esters (lactones) is 2. The van der Waals surface area contributed by atoms with Gasteiger partial charge in [0.2, 0.25) is 0 Å². The van der Waals surface area contributed by atoms with Crippen molar-refractivity contribution in [2.45, 2.75) is 0 Å². The second-order valence-corrected chi connectivity index (χ2v) is 7.03. The number of halogens is 2. The highest BCUT2D eigenvalue weighted by Gasteiger charge is 2.45. The lowest BCUT2D eigenvalue weighted by molar-refractivity contribution is -0.131. The molecule has 0 atom stereocenters. The van der Waals surface area contributed by atoms with Crippen molar-refractivity contribution in [3.05, 3.63) is 79.7 Å². The molecule has 6 heteroatoms. The molecule has 0 aromatic heterocycles. The van der Waals surface area contributed by atoms with E-state index in [2.05, 4.69) is 31.9 Å². The van der Waals surface area contributed by atoms with Gasteiger partial charge in [-0.15, -0.1) is 0 Å². The van der Waals surface area contributed by atoms with Gasteiger partial charge >= 0.3 is 11.9 Å². The van der Waals surface area contributed by atoms with Gasteiger partial charge in [-0.1, -0.05) is 56.1 Å². The van der Waals surface area contributed by atoms with E-state index in [9.17, 15) is 9.59 Å². The zero-order chi connectivity index (χ0) is 16.8. The van der Waals surface area contributed by atoms with Gasteiger partial charge in [0.1, 0.15) is 11.1 Å². The van der Waals surface area contributed by atoms with Crippen LogP contribution in [0.3, 0.4) is 0 Å². The molecular formula is C18H8Br2O4. The number of hydrogen-bond donors (Lipinski definition) is 0. The summed E-state index contributed by atoms with van der Waals surface area (Å²) in [4.78, 5) is 24.7. The molecule has 0 saturated heterocycles. The van der Waals surface area contributed by atoms with Crippen LogP contribution in [0.2, 0.25) is 0 Å². The van der Waals surface area contributed by atoms with Gasteiger partial charge in [0.15, 0.2) is 11.5 Å². The van der Waals surface area contributed by atoms with Crippen molar-refractivity contribution < 1.29 is 19.1 Å². The molecule has 0 radical (unpaired) electrons. The molecule has 0 unspecified atom stereocenters. The average Bonchev–Trinajstić information content (AvgIpc) is 3.08. The van der Waals surface area contributed by atoms with Crippen LogP contribution >= 0.6 is 31.9 Å². The Morgan fingerprint density at radius 2 is 0.917 bits per heavy atom. The van der Waals surface area contributed by atoms with E-state index < -0.39 is 11.9 Å². The molecule has 4 nitrogen and oxygen atoms in total. The molecule has 0 fully saturated rings. The number of hydrogen-bond acceptors (Lipinski definition) is 4. The van der Waals surface area contributed by atoms with Gasteiger partial charge in [0, 0.05) is 20.1 Å². The average molecular weight is 448 g/mol. The SMILES string of the molecule is O=C1OC(c2ccc(Br)cc2)=C2C(=O)OC(c3ccc(Br)cc3)=C12. The fourth-order valence-electron chi connectivity index (χ4n) is 2.62. The summed E-state index contributed by atoms with van der Waals surface area (Å²) >= 11 is 6.70. The third-order valence-electron chi connectivity index (χ3n) is 3.71. The van der Waals surface area contributed by atoms with E-state index in [0.717, 1.165) is 8.95 Å². The number of carbonyl (C=O) groups excluding carboxylic acids is 2. The predicted molar refractivity (Wildman–Crippen MR) is 94.3 cm³/mol. The second-order valence-electron chi connectivity index (χ2n) is 5.20. The highest BCUT2D eigenvalue weighted by atomic mass is 79.9. The maximum atomic E-state index is 12.3. The molecule has 118 valence electrons.